The van der Waals surface area contributed by atoms with E-state index in [4.69, 9.17) is 11.6 Å². The van der Waals surface area contributed by atoms with Crippen LogP contribution in [0, 0.1) is 6.92 Å². The molecule has 1 N–H and O–H groups in total. The maximum absolute atomic E-state index is 12.4. The lowest BCUT2D eigenvalue weighted by Crippen LogP contribution is -2.12. The molecule has 0 amide bonds. The Hall–Kier alpha value is -1.99. The van der Waals surface area contributed by atoms with Crippen molar-refractivity contribution in [3.63, 3.8) is 0 Å². The van der Waals surface area contributed by atoms with Gasteiger partial charge in [-0.3, -0.25) is 4.72 Å². The Morgan fingerprint density at radius 1 is 1.32 bits per heavy atom. The molecule has 0 aliphatic rings. The number of carbonyl (C=O) groups is 1. The molecule has 1 heterocycles. The second-order valence-corrected chi connectivity index (χ2v) is 6.82. The summed E-state index contributed by atoms with van der Waals surface area (Å²) in [7, 11) is -1.03. The van der Waals surface area contributed by atoms with Crippen LogP contribution in [0.5, 0.6) is 0 Å². The first-order valence-corrected chi connectivity index (χ1v) is 8.14. The summed E-state index contributed by atoms with van der Waals surface area (Å²) in [6, 6.07) is 6.11. The molecule has 6 nitrogen and oxygen atoms in total. The van der Waals surface area contributed by atoms with E-state index in [2.05, 4.69) is 9.46 Å². The maximum Gasteiger partial charge on any atom is 0.354 e. The number of nitrogens with one attached hydrogen (secondary N) is 1. The monoisotopic (exact) mass is 342 g/mol. The molecule has 0 radical (unpaired) electrons. The van der Waals surface area contributed by atoms with Gasteiger partial charge < -0.3 is 9.30 Å². The number of anilines is 1. The van der Waals surface area contributed by atoms with Gasteiger partial charge in [0.05, 0.1) is 12.8 Å². The summed E-state index contributed by atoms with van der Waals surface area (Å²) in [5.41, 5.74) is 1.33. The van der Waals surface area contributed by atoms with E-state index in [0.717, 1.165) is 5.56 Å². The fraction of sp³-hybridized carbons (Fsp3) is 0.214. The number of hydrogen-bond acceptors (Lipinski definition) is 4. The fourth-order valence-corrected chi connectivity index (χ4v) is 3.16. The normalized spacial score (nSPS) is 11.3. The van der Waals surface area contributed by atoms with Crippen molar-refractivity contribution in [1.82, 2.24) is 4.57 Å². The number of methoxy groups -OCH3 is 1. The SMILES string of the molecule is COC(=O)c1cc(S(=O)(=O)Nc2ccc(C)c(Cl)c2)cn1C. The number of rotatable bonds is 4. The molecule has 0 spiro atoms. The Balaban J connectivity index is 2.34. The second kappa shape index (κ2) is 6.02. The first kappa shape index (κ1) is 16.4. The van der Waals surface area contributed by atoms with Crippen molar-refractivity contribution in [1.29, 1.82) is 0 Å². The lowest BCUT2D eigenvalue weighted by molar-refractivity contribution is 0.0590. The van der Waals surface area contributed by atoms with Crippen LogP contribution in [0.15, 0.2) is 35.4 Å². The van der Waals surface area contributed by atoms with Crippen LogP contribution in [0.25, 0.3) is 0 Å². The van der Waals surface area contributed by atoms with Gasteiger partial charge in [0.25, 0.3) is 10.0 Å². The van der Waals surface area contributed by atoms with E-state index in [9.17, 15) is 13.2 Å². The van der Waals surface area contributed by atoms with Crippen molar-refractivity contribution in [2.24, 2.45) is 7.05 Å². The van der Waals surface area contributed by atoms with Gasteiger partial charge in [0.1, 0.15) is 10.6 Å². The molecule has 0 aliphatic carbocycles. The number of sulfonamides is 1. The number of aryl methyl sites for hydroxylation is 2. The highest BCUT2D eigenvalue weighted by Gasteiger charge is 2.21. The molecular formula is C14H15ClN2O4S. The molecular weight excluding hydrogens is 328 g/mol. The quantitative estimate of drug-likeness (QED) is 0.866. The predicted molar refractivity (Wildman–Crippen MR) is 83.8 cm³/mol. The van der Waals surface area contributed by atoms with Crippen molar-refractivity contribution in [2.45, 2.75) is 11.8 Å². The highest BCUT2D eigenvalue weighted by atomic mass is 35.5. The number of halogens is 1. The molecule has 0 atom stereocenters. The number of ether oxygens (including phenoxy) is 1. The Kier molecular flexibility index (Phi) is 4.48. The highest BCUT2D eigenvalue weighted by molar-refractivity contribution is 7.92. The Labute approximate surface area is 133 Å². The zero-order chi connectivity index (χ0) is 16.5. The number of nitrogens with zero attached hydrogens (tertiary/aromatic N) is 1. The van der Waals surface area contributed by atoms with Gasteiger partial charge >= 0.3 is 5.97 Å². The van der Waals surface area contributed by atoms with E-state index in [1.54, 1.807) is 19.2 Å². The van der Waals surface area contributed by atoms with Crippen LogP contribution >= 0.6 is 11.6 Å². The summed E-state index contributed by atoms with van der Waals surface area (Å²) in [6.07, 6.45) is 1.34. The van der Waals surface area contributed by atoms with E-state index in [0.29, 0.717) is 10.7 Å². The van der Waals surface area contributed by atoms with Crippen LogP contribution in [-0.4, -0.2) is 26.1 Å². The van der Waals surface area contributed by atoms with E-state index in [1.165, 1.54) is 30.0 Å². The molecule has 0 bridgehead atoms. The smallest absolute Gasteiger partial charge is 0.354 e. The van der Waals surface area contributed by atoms with Gasteiger partial charge in [-0.15, -0.1) is 0 Å². The van der Waals surface area contributed by atoms with Gasteiger partial charge in [-0.1, -0.05) is 17.7 Å². The van der Waals surface area contributed by atoms with E-state index < -0.39 is 16.0 Å². The predicted octanol–water partition coefficient (Wildman–Crippen LogP) is 2.57. The van der Waals surface area contributed by atoms with E-state index >= 15 is 0 Å². The topological polar surface area (TPSA) is 77.4 Å². The van der Waals surface area contributed by atoms with Crippen LogP contribution in [0.1, 0.15) is 16.1 Å². The fourth-order valence-electron chi connectivity index (χ4n) is 1.86. The largest absolute Gasteiger partial charge is 0.464 e. The van der Waals surface area contributed by atoms with Crippen LogP contribution < -0.4 is 4.72 Å². The average Bonchev–Trinajstić information content (AvgIpc) is 2.85. The van der Waals surface area contributed by atoms with Crippen molar-refractivity contribution in [3.8, 4) is 0 Å². The molecule has 2 aromatic rings. The summed E-state index contributed by atoms with van der Waals surface area (Å²) in [4.78, 5) is 11.5. The van der Waals surface area contributed by atoms with Crippen LogP contribution in [0.3, 0.4) is 0 Å². The molecule has 0 saturated carbocycles. The summed E-state index contributed by atoms with van der Waals surface area (Å²) in [6.45, 7) is 1.82. The summed E-state index contributed by atoms with van der Waals surface area (Å²) < 4.78 is 33.1. The Morgan fingerprint density at radius 2 is 2.00 bits per heavy atom. The molecule has 0 unspecified atom stereocenters. The van der Waals surface area contributed by atoms with Crippen LogP contribution in [0.4, 0.5) is 5.69 Å². The van der Waals surface area contributed by atoms with Gasteiger partial charge in [-0.2, -0.15) is 0 Å². The van der Waals surface area contributed by atoms with Gasteiger partial charge in [0, 0.05) is 18.3 Å². The third kappa shape index (κ3) is 3.26. The van der Waals surface area contributed by atoms with Crippen LogP contribution in [-0.2, 0) is 21.8 Å². The number of esters is 1. The number of hydrogen-bond donors (Lipinski definition) is 1. The van der Waals surface area contributed by atoms with Gasteiger partial charge in [-0.05, 0) is 30.7 Å². The second-order valence-electron chi connectivity index (χ2n) is 4.73. The third-order valence-corrected chi connectivity index (χ3v) is 4.86. The zero-order valence-corrected chi connectivity index (χ0v) is 13.8. The van der Waals surface area contributed by atoms with Gasteiger partial charge in [0.2, 0.25) is 0 Å². The molecule has 0 fully saturated rings. The van der Waals surface area contributed by atoms with Crippen molar-refractivity contribution >= 4 is 33.3 Å². The minimum absolute atomic E-state index is 0.0351. The summed E-state index contributed by atoms with van der Waals surface area (Å²) in [5.74, 6) is -0.609. The van der Waals surface area contributed by atoms with Crippen molar-refractivity contribution in [2.75, 3.05) is 11.8 Å². The molecule has 1 aromatic heterocycles. The van der Waals surface area contributed by atoms with Gasteiger partial charge in [0.15, 0.2) is 0 Å². The minimum Gasteiger partial charge on any atom is -0.464 e. The molecule has 22 heavy (non-hydrogen) atoms. The highest BCUT2D eigenvalue weighted by Crippen LogP contribution is 2.23. The lowest BCUT2D eigenvalue weighted by atomic mass is 10.2. The van der Waals surface area contributed by atoms with Gasteiger partial charge in [-0.25, -0.2) is 13.2 Å². The average molecular weight is 343 g/mol. The van der Waals surface area contributed by atoms with Crippen molar-refractivity contribution in [3.05, 3.63) is 46.7 Å². The molecule has 118 valence electrons. The maximum atomic E-state index is 12.4. The molecule has 0 saturated heterocycles. The summed E-state index contributed by atoms with van der Waals surface area (Å²) in [5, 5.41) is 0.462. The Bertz CT molecular complexity index is 827. The minimum atomic E-state index is -3.82. The molecule has 8 heteroatoms. The van der Waals surface area contributed by atoms with E-state index in [1.807, 2.05) is 6.92 Å². The van der Waals surface area contributed by atoms with Crippen LogP contribution in [0.2, 0.25) is 5.02 Å². The standard InChI is InChI=1S/C14H15ClN2O4S/c1-9-4-5-10(6-12(9)15)16-22(19,20)11-7-13(14(18)21-3)17(2)8-11/h4-8,16H,1-3H3. The first-order chi connectivity index (χ1) is 10.2. The molecule has 0 aliphatic heterocycles. The first-order valence-electron chi connectivity index (χ1n) is 6.28. The zero-order valence-electron chi connectivity index (χ0n) is 12.3. The number of aromatic nitrogens is 1. The summed E-state index contributed by atoms with van der Waals surface area (Å²) >= 11 is 5.98. The van der Waals surface area contributed by atoms with E-state index in [-0.39, 0.29) is 10.6 Å². The Morgan fingerprint density at radius 3 is 2.59 bits per heavy atom. The lowest BCUT2D eigenvalue weighted by Gasteiger charge is -2.07. The van der Waals surface area contributed by atoms with Crippen molar-refractivity contribution < 1.29 is 17.9 Å². The number of carbonyl (C=O) groups excluding carboxylic acids is 1. The molecule has 2 rings (SSSR count). The third-order valence-electron chi connectivity index (χ3n) is 3.11. The molecule has 1 aromatic carbocycles. The number of benzene rings is 1.